The van der Waals surface area contributed by atoms with E-state index in [1.54, 1.807) is 0 Å². The average Bonchev–Trinajstić information content (AvgIpc) is 2.56. The minimum atomic E-state index is -0.252. The van der Waals surface area contributed by atoms with Crippen LogP contribution in [-0.2, 0) is 9.31 Å². The van der Waals surface area contributed by atoms with Gasteiger partial charge in [-0.25, -0.2) is 0 Å². The fraction of sp³-hybridized carbons (Fsp3) is 0.625. The molecular formula is C16H25BO2. The first-order chi connectivity index (χ1) is 8.87. The summed E-state index contributed by atoms with van der Waals surface area (Å²) in [5, 5.41) is 0. The van der Waals surface area contributed by atoms with Crippen LogP contribution >= 0.6 is 0 Å². The van der Waals surface area contributed by atoms with Crippen molar-refractivity contribution in [2.75, 3.05) is 0 Å². The Balaban J connectivity index is 2.23. The molecule has 2 nitrogen and oxygen atoms in total. The molecule has 0 spiro atoms. The largest absolute Gasteiger partial charge is 0.465 e. The van der Waals surface area contributed by atoms with E-state index in [-0.39, 0.29) is 18.3 Å². The molecule has 0 amide bonds. The maximum Gasteiger partial charge on any atom is 0.465 e. The lowest BCUT2D eigenvalue weighted by Crippen LogP contribution is -2.41. The number of hydrogen-bond donors (Lipinski definition) is 0. The van der Waals surface area contributed by atoms with Crippen LogP contribution in [0.25, 0.3) is 0 Å². The maximum atomic E-state index is 6.21. The van der Waals surface area contributed by atoms with Gasteiger partial charge in [0.05, 0.1) is 11.2 Å². The van der Waals surface area contributed by atoms with Crippen molar-refractivity contribution in [1.82, 2.24) is 0 Å². The SMILES string of the molecule is CCC[C@H](B1OC(C)(C)C(C)(C)O1)c1ccccc1. The summed E-state index contributed by atoms with van der Waals surface area (Å²) in [7, 11) is -0.146. The van der Waals surface area contributed by atoms with Gasteiger partial charge in [-0.1, -0.05) is 43.7 Å². The van der Waals surface area contributed by atoms with Crippen molar-refractivity contribution in [2.45, 2.75) is 64.5 Å². The number of rotatable bonds is 4. The summed E-state index contributed by atoms with van der Waals surface area (Å²) in [6, 6.07) is 10.6. The summed E-state index contributed by atoms with van der Waals surface area (Å²) in [6.45, 7) is 10.7. The van der Waals surface area contributed by atoms with Gasteiger partial charge in [0, 0.05) is 5.82 Å². The molecule has 1 aliphatic heterocycles. The molecule has 1 atom stereocenters. The molecule has 1 aromatic carbocycles. The molecule has 19 heavy (non-hydrogen) atoms. The highest BCUT2D eigenvalue weighted by molar-refractivity contribution is 6.47. The Kier molecular flexibility index (Phi) is 4.07. The van der Waals surface area contributed by atoms with Gasteiger partial charge < -0.3 is 9.31 Å². The molecule has 1 saturated heterocycles. The molecule has 1 fully saturated rings. The van der Waals surface area contributed by atoms with Gasteiger partial charge in [-0.2, -0.15) is 0 Å². The average molecular weight is 260 g/mol. The second-order valence-corrected chi connectivity index (χ2v) is 6.43. The monoisotopic (exact) mass is 260 g/mol. The molecule has 0 aromatic heterocycles. The van der Waals surface area contributed by atoms with Crippen LogP contribution in [0.4, 0.5) is 0 Å². The van der Waals surface area contributed by atoms with Crippen LogP contribution in [-0.4, -0.2) is 18.3 Å². The molecule has 0 aliphatic carbocycles. The zero-order valence-electron chi connectivity index (χ0n) is 12.8. The predicted molar refractivity (Wildman–Crippen MR) is 80.2 cm³/mol. The molecule has 0 unspecified atom stereocenters. The maximum absolute atomic E-state index is 6.21. The van der Waals surface area contributed by atoms with E-state index in [1.165, 1.54) is 5.56 Å². The summed E-state index contributed by atoms with van der Waals surface area (Å²) in [6.07, 6.45) is 2.21. The van der Waals surface area contributed by atoms with Crippen molar-refractivity contribution in [1.29, 1.82) is 0 Å². The quantitative estimate of drug-likeness (QED) is 0.755. The highest BCUT2D eigenvalue weighted by atomic mass is 16.7. The Labute approximate surface area is 117 Å². The third kappa shape index (κ3) is 2.87. The molecule has 1 aliphatic rings. The highest BCUT2D eigenvalue weighted by Crippen LogP contribution is 2.41. The second kappa shape index (κ2) is 5.30. The molecule has 104 valence electrons. The molecule has 0 radical (unpaired) electrons. The zero-order chi connectivity index (χ0) is 14.1. The van der Waals surface area contributed by atoms with Crippen LogP contribution in [0.5, 0.6) is 0 Å². The Morgan fingerprint density at radius 1 is 1.00 bits per heavy atom. The van der Waals surface area contributed by atoms with Crippen LogP contribution in [0.2, 0.25) is 0 Å². The smallest absolute Gasteiger partial charge is 0.403 e. The minimum absolute atomic E-state index is 0.146. The molecule has 3 heteroatoms. The molecule has 0 bridgehead atoms. The van der Waals surface area contributed by atoms with Gasteiger partial charge in [0.25, 0.3) is 0 Å². The van der Waals surface area contributed by atoms with Crippen LogP contribution in [0.3, 0.4) is 0 Å². The Bertz CT molecular complexity index is 398. The van der Waals surface area contributed by atoms with Crippen LogP contribution in [0, 0.1) is 0 Å². The summed E-state index contributed by atoms with van der Waals surface area (Å²) >= 11 is 0. The van der Waals surface area contributed by atoms with Crippen molar-refractivity contribution < 1.29 is 9.31 Å². The van der Waals surface area contributed by atoms with Crippen LogP contribution in [0.1, 0.15) is 58.8 Å². The van der Waals surface area contributed by atoms with E-state index in [0.29, 0.717) is 5.82 Å². The van der Waals surface area contributed by atoms with Gasteiger partial charge in [0.2, 0.25) is 0 Å². The third-order valence-corrected chi connectivity index (χ3v) is 4.43. The first kappa shape index (κ1) is 14.6. The van der Waals surface area contributed by atoms with E-state index in [9.17, 15) is 0 Å². The topological polar surface area (TPSA) is 18.5 Å². The Hall–Kier alpha value is -0.795. The van der Waals surface area contributed by atoms with Crippen LogP contribution < -0.4 is 0 Å². The van der Waals surface area contributed by atoms with Gasteiger partial charge >= 0.3 is 7.12 Å². The molecule has 0 N–H and O–H groups in total. The highest BCUT2D eigenvalue weighted by Gasteiger charge is 2.53. The van der Waals surface area contributed by atoms with Crippen molar-refractivity contribution in [3.8, 4) is 0 Å². The van der Waals surface area contributed by atoms with E-state index in [0.717, 1.165) is 12.8 Å². The van der Waals surface area contributed by atoms with E-state index in [4.69, 9.17) is 9.31 Å². The third-order valence-electron chi connectivity index (χ3n) is 4.43. The lowest BCUT2D eigenvalue weighted by Gasteiger charge is -2.32. The van der Waals surface area contributed by atoms with Crippen molar-refractivity contribution >= 4 is 7.12 Å². The van der Waals surface area contributed by atoms with Gasteiger partial charge in [0.1, 0.15) is 0 Å². The number of hydrogen-bond acceptors (Lipinski definition) is 2. The molecule has 1 heterocycles. The van der Waals surface area contributed by atoms with Crippen molar-refractivity contribution in [2.24, 2.45) is 0 Å². The van der Waals surface area contributed by atoms with Gasteiger partial charge in [-0.3, -0.25) is 0 Å². The lowest BCUT2D eigenvalue weighted by molar-refractivity contribution is 0.00578. The molecule has 1 aromatic rings. The van der Waals surface area contributed by atoms with E-state index in [1.807, 2.05) is 0 Å². The fourth-order valence-electron chi connectivity index (χ4n) is 2.52. The predicted octanol–water partition coefficient (Wildman–Crippen LogP) is 4.20. The Morgan fingerprint density at radius 3 is 2.00 bits per heavy atom. The summed E-state index contributed by atoms with van der Waals surface area (Å²) in [5.74, 6) is 0.312. The van der Waals surface area contributed by atoms with Gasteiger partial charge in [-0.05, 0) is 39.7 Å². The van der Waals surface area contributed by atoms with E-state index < -0.39 is 0 Å². The minimum Gasteiger partial charge on any atom is -0.403 e. The fourth-order valence-corrected chi connectivity index (χ4v) is 2.52. The first-order valence-electron chi connectivity index (χ1n) is 7.28. The van der Waals surface area contributed by atoms with E-state index in [2.05, 4.69) is 65.0 Å². The van der Waals surface area contributed by atoms with Crippen LogP contribution in [0.15, 0.2) is 30.3 Å². The lowest BCUT2D eigenvalue weighted by atomic mass is 9.66. The first-order valence-corrected chi connectivity index (χ1v) is 7.28. The zero-order valence-corrected chi connectivity index (χ0v) is 12.8. The van der Waals surface area contributed by atoms with Gasteiger partial charge in [-0.15, -0.1) is 0 Å². The summed E-state index contributed by atoms with van der Waals surface area (Å²) < 4.78 is 12.4. The molecule has 2 rings (SSSR count). The molecular weight excluding hydrogens is 235 g/mol. The van der Waals surface area contributed by atoms with E-state index >= 15 is 0 Å². The standard InChI is InChI=1S/C16H25BO2/c1-6-10-14(13-11-8-7-9-12-13)17-18-15(2,3)16(4,5)19-17/h7-9,11-12,14H,6,10H2,1-5H3/t14-/m0/s1. The summed E-state index contributed by atoms with van der Waals surface area (Å²) in [5.41, 5.74) is 0.805. The Morgan fingerprint density at radius 2 is 1.53 bits per heavy atom. The molecule has 0 saturated carbocycles. The van der Waals surface area contributed by atoms with Gasteiger partial charge in [0.15, 0.2) is 0 Å². The van der Waals surface area contributed by atoms with Crippen molar-refractivity contribution in [3.05, 3.63) is 35.9 Å². The second-order valence-electron chi connectivity index (χ2n) is 6.43. The number of benzene rings is 1. The normalized spacial score (nSPS) is 22.5. The summed E-state index contributed by atoms with van der Waals surface area (Å²) in [4.78, 5) is 0. The van der Waals surface area contributed by atoms with Crippen molar-refractivity contribution in [3.63, 3.8) is 0 Å².